The predicted octanol–water partition coefficient (Wildman–Crippen LogP) is 3.24. The number of piperazine rings is 1. The third-order valence-electron chi connectivity index (χ3n) is 4.50. The van der Waals surface area contributed by atoms with Crippen LogP contribution in [-0.4, -0.2) is 50.3 Å². The van der Waals surface area contributed by atoms with E-state index in [0.717, 1.165) is 48.5 Å². The van der Waals surface area contributed by atoms with Gasteiger partial charge < -0.3 is 4.57 Å². The normalized spacial score (nSPS) is 20.2. The second-order valence-electron chi connectivity index (χ2n) is 6.29. The highest BCUT2D eigenvalue weighted by atomic mass is 35.5. The lowest BCUT2D eigenvalue weighted by Crippen LogP contribution is -2.46. The largest absolute Gasteiger partial charge is 0.303 e. The summed E-state index contributed by atoms with van der Waals surface area (Å²) in [6.45, 7) is 6.06. The number of aromatic nitrogens is 3. The van der Waals surface area contributed by atoms with Gasteiger partial charge in [-0.25, -0.2) is 4.68 Å². The molecule has 0 bridgehead atoms. The zero-order valence-electron chi connectivity index (χ0n) is 12.9. The first-order chi connectivity index (χ1) is 11.2. The molecule has 1 aliphatic heterocycles. The standard InChI is InChI=1S/C15H20ClN5S2/c16-14-4-3-13(23-14)9-18-5-7-19(8-6-18)11-21-15(22)20(10-17-21)12-1-2-12/h3-4,10,12H,1-2,5-9,11H2. The molecule has 1 aliphatic carbocycles. The van der Waals surface area contributed by atoms with Crippen LogP contribution in [0, 0.1) is 4.77 Å². The molecule has 2 fully saturated rings. The predicted molar refractivity (Wildman–Crippen MR) is 95.5 cm³/mol. The third-order valence-corrected chi connectivity index (χ3v) is 6.14. The first-order valence-corrected chi connectivity index (χ1v) is 9.62. The molecule has 0 spiro atoms. The summed E-state index contributed by atoms with van der Waals surface area (Å²) in [7, 11) is 0. The molecule has 5 nitrogen and oxygen atoms in total. The van der Waals surface area contributed by atoms with Gasteiger partial charge in [0.05, 0.1) is 11.0 Å². The number of hydrogen-bond acceptors (Lipinski definition) is 5. The van der Waals surface area contributed by atoms with Crippen LogP contribution in [0.5, 0.6) is 0 Å². The molecular formula is C15H20ClN5S2. The molecule has 0 aromatic carbocycles. The van der Waals surface area contributed by atoms with Crippen LogP contribution in [0.2, 0.25) is 4.34 Å². The van der Waals surface area contributed by atoms with Crippen LogP contribution in [-0.2, 0) is 13.2 Å². The molecule has 124 valence electrons. The van der Waals surface area contributed by atoms with Crippen molar-refractivity contribution in [2.75, 3.05) is 26.2 Å². The fraction of sp³-hybridized carbons (Fsp3) is 0.600. The van der Waals surface area contributed by atoms with Crippen molar-refractivity contribution in [3.63, 3.8) is 0 Å². The van der Waals surface area contributed by atoms with Gasteiger partial charge in [-0.2, -0.15) is 5.10 Å². The second-order valence-corrected chi connectivity index (χ2v) is 8.46. The van der Waals surface area contributed by atoms with Gasteiger partial charge in [0.15, 0.2) is 4.77 Å². The Balaban J connectivity index is 1.30. The van der Waals surface area contributed by atoms with Crippen molar-refractivity contribution in [3.8, 4) is 0 Å². The summed E-state index contributed by atoms with van der Waals surface area (Å²) in [5, 5.41) is 4.47. The summed E-state index contributed by atoms with van der Waals surface area (Å²) in [4.78, 5) is 6.26. The molecule has 1 saturated carbocycles. The summed E-state index contributed by atoms with van der Waals surface area (Å²) < 4.78 is 5.84. The molecule has 8 heteroatoms. The molecule has 0 unspecified atom stereocenters. The van der Waals surface area contributed by atoms with E-state index in [1.165, 1.54) is 17.7 Å². The second kappa shape index (κ2) is 6.64. The van der Waals surface area contributed by atoms with Gasteiger partial charge in [0.25, 0.3) is 0 Å². The molecule has 0 radical (unpaired) electrons. The fourth-order valence-corrected chi connectivity index (χ4v) is 4.42. The van der Waals surface area contributed by atoms with E-state index in [1.807, 2.05) is 17.1 Å². The van der Waals surface area contributed by atoms with Crippen LogP contribution in [0.1, 0.15) is 23.8 Å². The van der Waals surface area contributed by atoms with Crippen molar-refractivity contribution in [1.82, 2.24) is 24.1 Å². The number of thiophene rings is 1. The van der Waals surface area contributed by atoms with Gasteiger partial charge in [-0.1, -0.05) is 11.6 Å². The lowest BCUT2D eigenvalue weighted by Gasteiger charge is -2.34. The Morgan fingerprint density at radius 2 is 1.91 bits per heavy atom. The van der Waals surface area contributed by atoms with Crippen molar-refractivity contribution in [3.05, 3.63) is 32.4 Å². The zero-order chi connectivity index (χ0) is 15.8. The summed E-state index contributed by atoms with van der Waals surface area (Å²) in [6.07, 6.45) is 4.38. The molecule has 0 N–H and O–H groups in total. The maximum Gasteiger partial charge on any atom is 0.199 e. The first kappa shape index (κ1) is 15.8. The number of rotatable bonds is 5. The third kappa shape index (κ3) is 3.69. The van der Waals surface area contributed by atoms with Crippen LogP contribution in [0.3, 0.4) is 0 Å². The highest BCUT2D eigenvalue weighted by molar-refractivity contribution is 7.71. The van der Waals surface area contributed by atoms with Crippen molar-refractivity contribution >= 4 is 35.2 Å². The van der Waals surface area contributed by atoms with E-state index >= 15 is 0 Å². The Morgan fingerprint density at radius 3 is 2.57 bits per heavy atom. The molecule has 2 aromatic heterocycles. The summed E-state index contributed by atoms with van der Waals surface area (Å²) in [6, 6.07) is 4.71. The Morgan fingerprint density at radius 1 is 1.17 bits per heavy atom. The van der Waals surface area contributed by atoms with Crippen molar-refractivity contribution in [1.29, 1.82) is 0 Å². The van der Waals surface area contributed by atoms with Gasteiger partial charge >= 0.3 is 0 Å². The van der Waals surface area contributed by atoms with Crippen LogP contribution in [0.15, 0.2) is 18.5 Å². The smallest absolute Gasteiger partial charge is 0.199 e. The minimum absolute atomic E-state index is 0.603. The Hall–Kier alpha value is -0.730. The summed E-state index contributed by atoms with van der Waals surface area (Å²) in [5.41, 5.74) is 0. The quantitative estimate of drug-likeness (QED) is 0.757. The molecule has 1 saturated heterocycles. The molecule has 0 amide bonds. The van der Waals surface area contributed by atoms with Gasteiger partial charge in [-0.3, -0.25) is 9.80 Å². The minimum atomic E-state index is 0.603. The van der Waals surface area contributed by atoms with Crippen LogP contribution in [0.25, 0.3) is 0 Å². The Labute approximate surface area is 150 Å². The van der Waals surface area contributed by atoms with Crippen LogP contribution >= 0.6 is 35.2 Å². The molecule has 2 aliphatic rings. The van der Waals surface area contributed by atoms with Crippen LogP contribution < -0.4 is 0 Å². The number of halogens is 1. The maximum absolute atomic E-state index is 6.01. The zero-order valence-corrected chi connectivity index (χ0v) is 15.3. The van der Waals surface area contributed by atoms with E-state index in [4.69, 9.17) is 23.8 Å². The summed E-state index contributed by atoms with van der Waals surface area (Å²) >= 11 is 13.2. The van der Waals surface area contributed by atoms with Crippen molar-refractivity contribution < 1.29 is 0 Å². The fourth-order valence-electron chi connectivity index (χ4n) is 2.99. The molecule has 4 rings (SSSR count). The monoisotopic (exact) mass is 369 g/mol. The molecule has 3 heterocycles. The van der Waals surface area contributed by atoms with E-state index in [-0.39, 0.29) is 0 Å². The summed E-state index contributed by atoms with van der Waals surface area (Å²) in [5.74, 6) is 0. The van der Waals surface area contributed by atoms with Gasteiger partial charge in [0.2, 0.25) is 0 Å². The molecule has 2 aromatic rings. The molecule has 23 heavy (non-hydrogen) atoms. The molecular weight excluding hydrogens is 350 g/mol. The topological polar surface area (TPSA) is 29.2 Å². The van der Waals surface area contributed by atoms with E-state index in [9.17, 15) is 0 Å². The van der Waals surface area contributed by atoms with Gasteiger partial charge in [-0.15, -0.1) is 11.3 Å². The highest BCUT2D eigenvalue weighted by Crippen LogP contribution is 2.34. The average Bonchev–Trinajstić information content (AvgIpc) is 3.21. The lowest BCUT2D eigenvalue weighted by molar-refractivity contribution is 0.0986. The van der Waals surface area contributed by atoms with E-state index < -0.39 is 0 Å². The lowest BCUT2D eigenvalue weighted by atomic mass is 10.3. The number of hydrogen-bond donors (Lipinski definition) is 0. The highest BCUT2D eigenvalue weighted by Gasteiger charge is 2.25. The maximum atomic E-state index is 6.01. The Bertz CT molecular complexity index is 724. The van der Waals surface area contributed by atoms with Crippen molar-refractivity contribution in [2.24, 2.45) is 0 Å². The first-order valence-electron chi connectivity index (χ1n) is 8.02. The van der Waals surface area contributed by atoms with Gasteiger partial charge in [0, 0.05) is 43.6 Å². The van der Waals surface area contributed by atoms with Gasteiger partial charge in [-0.05, 0) is 37.2 Å². The van der Waals surface area contributed by atoms with Crippen LogP contribution in [0.4, 0.5) is 0 Å². The molecule has 0 atom stereocenters. The SMILES string of the molecule is S=c1n(C2CC2)cnn1CN1CCN(Cc2ccc(Cl)s2)CC1. The average molecular weight is 370 g/mol. The van der Waals surface area contributed by atoms with Crippen molar-refractivity contribution in [2.45, 2.75) is 32.1 Å². The minimum Gasteiger partial charge on any atom is -0.303 e. The number of nitrogens with zero attached hydrogens (tertiary/aromatic N) is 5. The van der Waals surface area contributed by atoms with E-state index in [1.54, 1.807) is 11.3 Å². The van der Waals surface area contributed by atoms with E-state index in [0.29, 0.717) is 6.04 Å². The Kier molecular flexibility index (Phi) is 4.56. The van der Waals surface area contributed by atoms with Gasteiger partial charge in [0.1, 0.15) is 6.33 Å². The van der Waals surface area contributed by atoms with E-state index in [2.05, 4.69) is 25.5 Å².